The maximum atomic E-state index is 12.7. The lowest BCUT2D eigenvalue weighted by molar-refractivity contribution is -0.126. The molecule has 1 N–H and O–H groups in total. The van der Waals surface area contributed by atoms with Gasteiger partial charge in [0.15, 0.2) is 15.7 Å². The number of piperidine rings is 1. The van der Waals surface area contributed by atoms with E-state index in [1.807, 2.05) is 29.2 Å². The Morgan fingerprint density at radius 2 is 1.89 bits per heavy atom. The first-order valence-corrected chi connectivity index (χ1v) is 11.4. The molecule has 0 saturated carbocycles. The highest BCUT2D eigenvalue weighted by atomic mass is 32.2. The molecule has 1 aromatic carbocycles. The lowest BCUT2D eigenvalue weighted by atomic mass is 9.95. The third kappa shape index (κ3) is 3.63. The van der Waals surface area contributed by atoms with Crippen LogP contribution < -0.4 is 15.8 Å². The number of hydrogen-bond donors (Lipinski definition) is 1. The molecule has 3 heterocycles. The van der Waals surface area contributed by atoms with Crippen molar-refractivity contribution in [2.75, 3.05) is 29.5 Å². The zero-order chi connectivity index (χ0) is 19.9. The Bertz CT molecular complexity index is 1070. The van der Waals surface area contributed by atoms with Gasteiger partial charge in [-0.25, -0.2) is 13.4 Å². The monoisotopic (exact) mass is 404 g/mol. The number of sulfone groups is 1. The highest BCUT2D eigenvalue weighted by Gasteiger charge is 2.32. The Morgan fingerprint density at radius 1 is 1.18 bits per heavy atom. The topological polar surface area (TPSA) is 101 Å². The SMILES string of the molecule is Cn1c(=O)c(N2CCC(C(=O)NC3CCS(=O)(=O)C3)CC2)nc2ccccc21. The molecule has 0 spiro atoms. The number of nitrogens with zero attached hydrogens (tertiary/aromatic N) is 3. The summed E-state index contributed by atoms with van der Waals surface area (Å²) in [4.78, 5) is 31.7. The summed E-state index contributed by atoms with van der Waals surface area (Å²) in [6.07, 6.45) is 1.72. The first-order valence-electron chi connectivity index (χ1n) is 9.55. The minimum absolute atomic E-state index is 0.0363. The number of carbonyl (C=O) groups is 1. The zero-order valence-corrected chi connectivity index (χ0v) is 16.6. The smallest absolute Gasteiger partial charge is 0.293 e. The second-order valence-electron chi connectivity index (χ2n) is 7.66. The minimum Gasteiger partial charge on any atom is -0.352 e. The van der Waals surface area contributed by atoms with Gasteiger partial charge < -0.3 is 14.8 Å². The molecule has 0 bridgehead atoms. The fourth-order valence-electron chi connectivity index (χ4n) is 4.05. The van der Waals surface area contributed by atoms with Crippen molar-refractivity contribution in [3.05, 3.63) is 34.6 Å². The predicted molar refractivity (Wildman–Crippen MR) is 107 cm³/mol. The summed E-state index contributed by atoms with van der Waals surface area (Å²) in [6, 6.07) is 7.25. The molecule has 2 aromatic rings. The van der Waals surface area contributed by atoms with Crippen LogP contribution >= 0.6 is 0 Å². The summed E-state index contributed by atoms with van der Waals surface area (Å²) in [5, 5.41) is 2.89. The summed E-state index contributed by atoms with van der Waals surface area (Å²) in [7, 11) is -1.27. The Balaban J connectivity index is 1.43. The van der Waals surface area contributed by atoms with Gasteiger partial charge in [-0.1, -0.05) is 12.1 Å². The van der Waals surface area contributed by atoms with Gasteiger partial charge in [-0.2, -0.15) is 0 Å². The van der Waals surface area contributed by atoms with Gasteiger partial charge in [0, 0.05) is 32.1 Å². The molecule has 9 heteroatoms. The lowest BCUT2D eigenvalue weighted by Gasteiger charge is -2.32. The van der Waals surface area contributed by atoms with Crippen molar-refractivity contribution in [2.24, 2.45) is 13.0 Å². The van der Waals surface area contributed by atoms with Gasteiger partial charge in [-0.15, -0.1) is 0 Å². The summed E-state index contributed by atoms with van der Waals surface area (Å²) >= 11 is 0. The van der Waals surface area contributed by atoms with E-state index in [1.54, 1.807) is 11.6 Å². The van der Waals surface area contributed by atoms with Gasteiger partial charge >= 0.3 is 0 Å². The Kier molecular flexibility index (Phi) is 4.86. The quantitative estimate of drug-likeness (QED) is 0.797. The summed E-state index contributed by atoms with van der Waals surface area (Å²) in [6.45, 7) is 1.14. The van der Waals surface area contributed by atoms with Crippen molar-refractivity contribution in [1.29, 1.82) is 0 Å². The molecule has 8 nitrogen and oxygen atoms in total. The molecule has 1 atom stereocenters. The Labute approximate surface area is 163 Å². The second kappa shape index (κ2) is 7.20. The van der Waals surface area contributed by atoms with Gasteiger partial charge in [0.2, 0.25) is 5.91 Å². The second-order valence-corrected chi connectivity index (χ2v) is 9.89. The molecule has 2 saturated heterocycles. The average molecular weight is 404 g/mol. The van der Waals surface area contributed by atoms with E-state index in [-0.39, 0.29) is 34.9 Å². The normalized spacial score (nSPS) is 22.5. The number of carbonyl (C=O) groups excluding carboxylic acids is 1. The molecule has 2 fully saturated rings. The number of aryl methyl sites for hydroxylation is 1. The Hall–Kier alpha value is -2.42. The van der Waals surface area contributed by atoms with E-state index in [1.165, 1.54) is 0 Å². The number of nitrogens with one attached hydrogen (secondary N) is 1. The van der Waals surface area contributed by atoms with Crippen molar-refractivity contribution < 1.29 is 13.2 Å². The highest BCUT2D eigenvalue weighted by molar-refractivity contribution is 7.91. The minimum atomic E-state index is -3.01. The molecule has 1 amide bonds. The fraction of sp³-hybridized carbons (Fsp3) is 0.526. The maximum absolute atomic E-state index is 12.7. The molecule has 4 rings (SSSR count). The van der Waals surface area contributed by atoms with Crippen molar-refractivity contribution >= 4 is 32.6 Å². The molecule has 2 aliphatic rings. The first kappa shape index (κ1) is 18.9. The average Bonchev–Trinajstić information content (AvgIpc) is 3.03. The van der Waals surface area contributed by atoms with E-state index < -0.39 is 9.84 Å². The van der Waals surface area contributed by atoms with Crippen LogP contribution in [0.15, 0.2) is 29.1 Å². The summed E-state index contributed by atoms with van der Waals surface area (Å²) in [5.74, 6) is 0.356. The van der Waals surface area contributed by atoms with Crippen LogP contribution in [0.2, 0.25) is 0 Å². The number of fused-ring (bicyclic) bond motifs is 1. The van der Waals surface area contributed by atoms with Crippen molar-refractivity contribution in [3.8, 4) is 0 Å². The van der Waals surface area contributed by atoms with Crippen LogP contribution in [0.4, 0.5) is 5.82 Å². The number of rotatable bonds is 3. The van der Waals surface area contributed by atoms with Crippen LogP contribution in [0, 0.1) is 5.92 Å². The van der Waals surface area contributed by atoms with E-state index in [0.29, 0.717) is 38.2 Å². The molecule has 1 aromatic heterocycles. The number of anilines is 1. The fourth-order valence-corrected chi connectivity index (χ4v) is 5.72. The molecule has 2 aliphatic heterocycles. The number of aromatic nitrogens is 2. The third-order valence-electron chi connectivity index (χ3n) is 5.71. The van der Waals surface area contributed by atoms with Crippen molar-refractivity contribution in [1.82, 2.24) is 14.9 Å². The molecule has 1 unspecified atom stereocenters. The van der Waals surface area contributed by atoms with Crippen LogP contribution in [0.25, 0.3) is 11.0 Å². The van der Waals surface area contributed by atoms with Crippen molar-refractivity contribution in [3.63, 3.8) is 0 Å². The number of para-hydroxylation sites is 2. The number of amides is 1. The van der Waals surface area contributed by atoms with Crippen molar-refractivity contribution in [2.45, 2.75) is 25.3 Å². The lowest BCUT2D eigenvalue weighted by Crippen LogP contribution is -2.45. The molecule has 150 valence electrons. The third-order valence-corrected chi connectivity index (χ3v) is 7.48. The van der Waals surface area contributed by atoms with Gasteiger partial charge in [-0.3, -0.25) is 9.59 Å². The number of benzene rings is 1. The van der Waals surface area contributed by atoms with Gasteiger partial charge in [0.1, 0.15) is 0 Å². The van der Waals surface area contributed by atoms with Gasteiger partial charge in [0.25, 0.3) is 5.56 Å². The molecule has 28 heavy (non-hydrogen) atoms. The van der Waals surface area contributed by atoms with Gasteiger partial charge in [0.05, 0.1) is 22.5 Å². The predicted octanol–water partition coefficient (Wildman–Crippen LogP) is 0.453. The summed E-state index contributed by atoms with van der Waals surface area (Å²) < 4.78 is 24.7. The van der Waals surface area contributed by atoms with Crippen LogP contribution in [-0.4, -0.2) is 54.5 Å². The standard InChI is InChI=1S/C19H24N4O4S/c1-22-16-5-3-2-4-15(16)21-17(19(22)25)23-9-6-13(7-10-23)18(24)20-14-8-11-28(26,27)12-14/h2-5,13-14H,6-12H2,1H3,(H,20,24). The largest absolute Gasteiger partial charge is 0.352 e. The van der Waals surface area contributed by atoms with E-state index >= 15 is 0 Å². The number of hydrogen-bond acceptors (Lipinski definition) is 6. The van der Waals surface area contributed by atoms with Crippen LogP contribution in [0.3, 0.4) is 0 Å². The molecule has 0 radical (unpaired) electrons. The summed E-state index contributed by atoms with van der Waals surface area (Å²) in [5.41, 5.74) is 1.41. The van der Waals surface area contributed by atoms with E-state index in [9.17, 15) is 18.0 Å². The van der Waals surface area contributed by atoms with Crippen LogP contribution in [0.1, 0.15) is 19.3 Å². The van der Waals surface area contributed by atoms with Crippen LogP contribution in [-0.2, 0) is 21.7 Å². The Morgan fingerprint density at radius 3 is 2.57 bits per heavy atom. The highest BCUT2D eigenvalue weighted by Crippen LogP contribution is 2.22. The van der Waals surface area contributed by atoms with E-state index in [4.69, 9.17) is 0 Å². The maximum Gasteiger partial charge on any atom is 0.293 e. The molecular formula is C19H24N4O4S. The van der Waals surface area contributed by atoms with Gasteiger partial charge in [-0.05, 0) is 31.4 Å². The zero-order valence-electron chi connectivity index (χ0n) is 15.8. The van der Waals surface area contributed by atoms with E-state index in [0.717, 1.165) is 11.0 Å². The van der Waals surface area contributed by atoms with E-state index in [2.05, 4.69) is 10.3 Å². The van der Waals surface area contributed by atoms with Crippen LogP contribution in [0.5, 0.6) is 0 Å². The first-order chi connectivity index (χ1) is 13.3. The molecular weight excluding hydrogens is 380 g/mol. The molecule has 0 aliphatic carbocycles.